The zero-order chi connectivity index (χ0) is 15.9. The van der Waals surface area contributed by atoms with Crippen molar-refractivity contribution in [1.29, 1.82) is 0 Å². The molecule has 0 aliphatic rings. The Balaban J connectivity index is 2.83. The van der Waals surface area contributed by atoms with Gasteiger partial charge in [-0.05, 0) is 38.1 Å². The highest BCUT2D eigenvalue weighted by Gasteiger charge is 2.18. The molecule has 0 bridgehead atoms. The van der Waals surface area contributed by atoms with Gasteiger partial charge in [0, 0.05) is 26.3 Å². The molecule has 0 unspecified atom stereocenters. The second-order valence-electron chi connectivity index (χ2n) is 4.36. The lowest BCUT2D eigenvalue weighted by Gasteiger charge is -2.10. The van der Waals surface area contributed by atoms with E-state index in [0.29, 0.717) is 25.2 Å². The Hall–Kier alpha value is -0.730. The highest BCUT2D eigenvalue weighted by atomic mass is 35.5. The molecule has 8 heteroatoms. The molecule has 0 saturated carbocycles. The maximum absolute atomic E-state index is 13.7. The standard InChI is InChI=1S/C13H20ClFN2O3S/c1-3-20-6-4-5-17-21(18,19)11-7-10(9-16-2)13(14)12(15)8-11/h7-8,16-17H,3-6,9H2,1-2H3. The molecular weight excluding hydrogens is 319 g/mol. The molecule has 5 nitrogen and oxygen atoms in total. The highest BCUT2D eigenvalue weighted by Crippen LogP contribution is 2.24. The zero-order valence-electron chi connectivity index (χ0n) is 12.1. The summed E-state index contributed by atoms with van der Waals surface area (Å²) in [5, 5.41) is 2.74. The van der Waals surface area contributed by atoms with Crippen LogP contribution in [0.15, 0.2) is 17.0 Å². The summed E-state index contributed by atoms with van der Waals surface area (Å²) in [6, 6.07) is 2.29. The molecule has 0 heterocycles. The smallest absolute Gasteiger partial charge is 0.240 e. The van der Waals surface area contributed by atoms with Gasteiger partial charge in [-0.15, -0.1) is 0 Å². The number of nitrogens with one attached hydrogen (secondary N) is 2. The minimum atomic E-state index is -3.76. The lowest BCUT2D eigenvalue weighted by molar-refractivity contribution is 0.146. The third-order valence-corrected chi connectivity index (χ3v) is 4.58. The van der Waals surface area contributed by atoms with Gasteiger partial charge >= 0.3 is 0 Å². The van der Waals surface area contributed by atoms with E-state index in [1.807, 2.05) is 6.92 Å². The Kier molecular flexibility index (Phi) is 7.55. The maximum Gasteiger partial charge on any atom is 0.240 e. The van der Waals surface area contributed by atoms with Gasteiger partial charge in [0.05, 0.1) is 9.92 Å². The summed E-state index contributed by atoms with van der Waals surface area (Å²) in [6.45, 7) is 3.43. The summed E-state index contributed by atoms with van der Waals surface area (Å²) >= 11 is 5.81. The van der Waals surface area contributed by atoms with Crippen LogP contribution in [0.25, 0.3) is 0 Å². The van der Waals surface area contributed by atoms with Crippen LogP contribution in [0.1, 0.15) is 18.9 Å². The first-order valence-corrected chi connectivity index (χ1v) is 8.48. The van der Waals surface area contributed by atoms with Gasteiger partial charge in [0.1, 0.15) is 5.82 Å². The van der Waals surface area contributed by atoms with E-state index in [2.05, 4.69) is 10.0 Å². The van der Waals surface area contributed by atoms with Gasteiger partial charge in [-0.25, -0.2) is 17.5 Å². The summed E-state index contributed by atoms with van der Waals surface area (Å²) in [6.07, 6.45) is 0.548. The predicted octanol–water partition coefficient (Wildman–Crippen LogP) is 1.90. The first kappa shape index (κ1) is 18.3. The predicted molar refractivity (Wildman–Crippen MR) is 80.5 cm³/mol. The van der Waals surface area contributed by atoms with Crippen LogP contribution in [0, 0.1) is 5.82 Å². The number of benzene rings is 1. The largest absolute Gasteiger partial charge is 0.382 e. The first-order chi connectivity index (χ1) is 9.92. The molecule has 0 spiro atoms. The van der Waals surface area contributed by atoms with E-state index in [9.17, 15) is 12.8 Å². The molecule has 0 atom stereocenters. The summed E-state index contributed by atoms with van der Waals surface area (Å²) in [5.41, 5.74) is 0.397. The zero-order valence-corrected chi connectivity index (χ0v) is 13.7. The topological polar surface area (TPSA) is 67.4 Å². The van der Waals surface area contributed by atoms with Gasteiger partial charge in [0.2, 0.25) is 10.0 Å². The second kappa shape index (κ2) is 8.65. The van der Waals surface area contributed by atoms with Gasteiger partial charge in [-0.1, -0.05) is 11.6 Å². The summed E-state index contributed by atoms with van der Waals surface area (Å²) in [7, 11) is -2.09. The fourth-order valence-electron chi connectivity index (χ4n) is 1.70. The molecule has 2 N–H and O–H groups in total. The van der Waals surface area contributed by atoms with Crippen molar-refractivity contribution in [2.24, 2.45) is 0 Å². The number of halogens is 2. The molecule has 1 aromatic rings. The monoisotopic (exact) mass is 338 g/mol. The third kappa shape index (κ3) is 5.52. The molecule has 120 valence electrons. The Morgan fingerprint density at radius 1 is 1.38 bits per heavy atom. The lowest BCUT2D eigenvalue weighted by Crippen LogP contribution is -2.26. The van der Waals surface area contributed by atoms with Crippen LogP contribution in [-0.2, 0) is 21.3 Å². The fourth-order valence-corrected chi connectivity index (χ4v) is 3.01. The van der Waals surface area contributed by atoms with E-state index in [0.717, 1.165) is 6.07 Å². The summed E-state index contributed by atoms with van der Waals surface area (Å²) in [5.74, 6) is -0.751. The van der Waals surface area contributed by atoms with E-state index in [1.165, 1.54) is 6.07 Å². The molecule has 1 rings (SSSR count). The van der Waals surface area contributed by atoms with Gasteiger partial charge in [-0.2, -0.15) is 0 Å². The van der Waals surface area contributed by atoms with Crippen LogP contribution < -0.4 is 10.0 Å². The number of hydrogen-bond acceptors (Lipinski definition) is 4. The van der Waals surface area contributed by atoms with Crippen molar-refractivity contribution in [3.63, 3.8) is 0 Å². The molecule has 0 aliphatic heterocycles. The number of ether oxygens (including phenoxy) is 1. The van der Waals surface area contributed by atoms with Crippen molar-refractivity contribution in [2.45, 2.75) is 24.8 Å². The lowest BCUT2D eigenvalue weighted by atomic mass is 10.2. The van der Waals surface area contributed by atoms with E-state index in [1.54, 1.807) is 7.05 Å². The van der Waals surface area contributed by atoms with Gasteiger partial charge in [-0.3, -0.25) is 0 Å². The van der Waals surface area contributed by atoms with Gasteiger partial charge in [0.15, 0.2) is 0 Å². The Morgan fingerprint density at radius 2 is 2.10 bits per heavy atom. The average Bonchev–Trinajstić information content (AvgIpc) is 2.43. The second-order valence-corrected chi connectivity index (χ2v) is 6.50. The molecule has 1 aromatic carbocycles. The molecule has 0 aromatic heterocycles. The van der Waals surface area contributed by atoms with Gasteiger partial charge in [0.25, 0.3) is 0 Å². The van der Waals surface area contributed by atoms with Crippen LogP contribution >= 0.6 is 11.6 Å². The van der Waals surface area contributed by atoms with Crippen molar-refractivity contribution in [3.8, 4) is 0 Å². The number of rotatable bonds is 9. The van der Waals surface area contributed by atoms with Crippen molar-refractivity contribution in [2.75, 3.05) is 26.8 Å². The molecule has 21 heavy (non-hydrogen) atoms. The molecular formula is C13H20ClFN2O3S. The van der Waals surface area contributed by atoms with E-state index >= 15 is 0 Å². The van der Waals surface area contributed by atoms with Crippen LogP contribution in [-0.4, -0.2) is 35.2 Å². The highest BCUT2D eigenvalue weighted by molar-refractivity contribution is 7.89. The summed E-state index contributed by atoms with van der Waals surface area (Å²) in [4.78, 5) is -0.133. The van der Waals surface area contributed by atoms with E-state index in [4.69, 9.17) is 16.3 Å². The Morgan fingerprint density at radius 3 is 2.71 bits per heavy atom. The average molecular weight is 339 g/mol. The van der Waals surface area contributed by atoms with Crippen LogP contribution in [0.3, 0.4) is 0 Å². The minimum absolute atomic E-state index is 0.0698. The van der Waals surface area contributed by atoms with Crippen molar-refractivity contribution in [1.82, 2.24) is 10.0 Å². The molecule has 0 saturated heterocycles. The SMILES string of the molecule is CCOCCCNS(=O)(=O)c1cc(F)c(Cl)c(CNC)c1. The third-order valence-electron chi connectivity index (χ3n) is 2.72. The Labute approximate surface area is 129 Å². The fraction of sp³-hybridized carbons (Fsp3) is 0.538. The number of hydrogen-bond donors (Lipinski definition) is 2. The normalized spacial score (nSPS) is 11.8. The minimum Gasteiger partial charge on any atom is -0.382 e. The molecule has 0 fully saturated rings. The number of sulfonamides is 1. The summed E-state index contributed by atoms with van der Waals surface area (Å²) < 4.78 is 45.4. The quantitative estimate of drug-likeness (QED) is 0.675. The van der Waals surface area contributed by atoms with Crippen molar-refractivity contribution >= 4 is 21.6 Å². The maximum atomic E-state index is 13.7. The Bertz CT molecular complexity index is 567. The van der Waals surface area contributed by atoms with Crippen molar-refractivity contribution in [3.05, 3.63) is 28.5 Å². The van der Waals surface area contributed by atoms with E-state index in [-0.39, 0.29) is 23.0 Å². The molecule has 0 radical (unpaired) electrons. The van der Waals surface area contributed by atoms with Crippen molar-refractivity contribution < 1.29 is 17.5 Å². The molecule has 0 amide bonds. The van der Waals surface area contributed by atoms with Crippen LogP contribution in [0.2, 0.25) is 5.02 Å². The van der Waals surface area contributed by atoms with Crippen LogP contribution in [0.5, 0.6) is 0 Å². The molecule has 0 aliphatic carbocycles. The van der Waals surface area contributed by atoms with E-state index < -0.39 is 15.8 Å². The first-order valence-electron chi connectivity index (χ1n) is 6.62. The van der Waals surface area contributed by atoms with Gasteiger partial charge < -0.3 is 10.1 Å². The van der Waals surface area contributed by atoms with Crippen LogP contribution in [0.4, 0.5) is 4.39 Å².